The Morgan fingerprint density at radius 1 is 0.848 bits per heavy atom. The molecule has 0 saturated carbocycles. The Labute approximate surface area is 268 Å². The zero-order valence-corrected chi connectivity index (χ0v) is 25.7. The number of hydrogen-bond donors (Lipinski definition) is 2. The van der Waals surface area contributed by atoms with Crippen molar-refractivity contribution in [1.29, 1.82) is 0 Å². The van der Waals surface area contributed by atoms with Gasteiger partial charge in [0.1, 0.15) is 0 Å². The Hall–Kier alpha value is -4.51. The van der Waals surface area contributed by atoms with E-state index >= 15 is 0 Å². The summed E-state index contributed by atoms with van der Waals surface area (Å²) in [6.07, 6.45) is -3.67. The van der Waals surface area contributed by atoms with Gasteiger partial charge in [-0.1, -0.05) is 42.5 Å². The SMILES string of the molecule is O=C(NCCSCc1ccccc1)c1ccc(N2CC3CC(C2)c2cccc(=O)n2C3)c(NC(=O)c2cccc(C(F)(F)F)c2)c1. The standard InChI is InChI=1S/C35H33F3N4O3S/c36-35(37,38)28-9-4-8-25(17-28)34(45)40-29-18-26(33(44)39-14-15-46-22-23-6-2-1-3-7-23)12-13-31(29)41-19-24-16-27(21-41)30-10-5-11-32(43)42(30)20-24/h1-13,17-18,24,27H,14-16,19-22H2,(H,39,44)(H,40,45). The summed E-state index contributed by atoms with van der Waals surface area (Å²) in [5, 5.41) is 5.73. The summed E-state index contributed by atoms with van der Waals surface area (Å²) >= 11 is 1.70. The molecule has 3 heterocycles. The number of nitrogens with zero attached hydrogens (tertiary/aromatic N) is 2. The first-order valence-corrected chi connectivity index (χ1v) is 16.3. The number of halogens is 3. The van der Waals surface area contributed by atoms with Crippen LogP contribution >= 0.6 is 11.8 Å². The van der Waals surface area contributed by atoms with Gasteiger partial charge in [0.2, 0.25) is 0 Å². The predicted molar refractivity (Wildman–Crippen MR) is 175 cm³/mol. The van der Waals surface area contributed by atoms with Crippen LogP contribution in [0.2, 0.25) is 0 Å². The Kier molecular flexibility index (Phi) is 9.21. The van der Waals surface area contributed by atoms with Gasteiger partial charge in [-0.2, -0.15) is 24.9 Å². The van der Waals surface area contributed by atoms with E-state index in [4.69, 9.17) is 0 Å². The number of fused-ring (bicyclic) bond motifs is 4. The number of nitrogens with one attached hydrogen (secondary N) is 2. The molecule has 3 aromatic carbocycles. The van der Waals surface area contributed by atoms with Gasteiger partial charge in [-0.05, 0) is 60.4 Å². The van der Waals surface area contributed by atoms with E-state index in [2.05, 4.69) is 27.7 Å². The van der Waals surface area contributed by atoms with Crippen molar-refractivity contribution < 1.29 is 22.8 Å². The molecule has 46 heavy (non-hydrogen) atoms. The van der Waals surface area contributed by atoms with E-state index in [1.54, 1.807) is 42.1 Å². The van der Waals surface area contributed by atoms with Crippen LogP contribution in [0.4, 0.5) is 24.5 Å². The molecule has 1 saturated heterocycles. The number of benzene rings is 3. The Bertz CT molecular complexity index is 1790. The smallest absolute Gasteiger partial charge is 0.369 e. The number of hydrogen-bond acceptors (Lipinski definition) is 5. The van der Waals surface area contributed by atoms with Crippen LogP contribution in [-0.4, -0.2) is 41.8 Å². The van der Waals surface area contributed by atoms with Crippen molar-refractivity contribution in [1.82, 2.24) is 9.88 Å². The second kappa shape index (κ2) is 13.5. The molecule has 2 unspecified atom stereocenters. The van der Waals surface area contributed by atoms with Crippen LogP contribution in [0.25, 0.3) is 0 Å². The quantitative estimate of drug-likeness (QED) is 0.206. The fourth-order valence-electron chi connectivity index (χ4n) is 6.28. The molecule has 4 aromatic rings. The maximum Gasteiger partial charge on any atom is 0.416 e. The first-order valence-electron chi connectivity index (χ1n) is 15.1. The molecule has 0 spiro atoms. The van der Waals surface area contributed by atoms with Crippen LogP contribution in [0.1, 0.15) is 49.9 Å². The van der Waals surface area contributed by atoms with Crippen molar-refractivity contribution in [2.24, 2.45) is 5.92 Å². The lowest BCUT2D eigenvalue weighted by molar-refractivity contribution is -0.137. The molecule has 6 rings (SSSR count). The second-order valence-electron chi connectivity index (χ2n) is 11.7. The third-order valence-corrected chi connectivity index (χ3v) is 9.45. The third-order valence-electron chi connectivity index (χ3n) is 8.42. The summed E-state index contributed by atoms with van der Waals surface area (Å²) in [6.45, 7) is 2.22. The van der Waals surface area contributed by atoms with Crippen LogP contribution in [0.15, 0.2) is 95.8 Å². The summed E-state index contributed by atoms with van der Waals surface area (Å²) in [5.74, 6) is 0.786. The van der Waals surface area contributed by atoms with E-state index in [0.717, 1.165) is 30.0 Å². The zero-order chi connectivity index (χ0) is 32.3. The summed E-state index contributed by atoms with van der Waals surface area (Å²) in [7, 11) is 0. The zero-order valence-electron chi connectivity index (χ0n) is 24.9. The van der Waals surface area contributed by atoms with Crippen molar-refractivity contribution in [3.63, 3.8) is 0 Å². The lowest BCUT2D eigenvalue weighted by atomic mass is 9.83. The van der Waals surface area contributed by atoms with E-state index in [1.807, 2.05) is 28.8 Å². The molecule has 11 heteroatoms. The van der Waals surface area contributed by atoms with Crippen molar-refractivity contribution in [3.8, 4) is 0 Å². The minimum atomic E-state index is -4.59. The summed E-state index contributed by atoms with van der Waals surface area (Å²) < 4.78 is 42.0. The Balaban J connectivity index is 1.22. The van der Waals surface area contributed by atoms with Crippen LogP contribution < -0.4 is 21.1 Å². The summed E-state index contributed by atoms with van der Waals surface area (Å²) in [6, 6.07) is 24.7. The number of rotatable bonds is 9. The lowest BCUT2D eigenvalue weighted by Crippen LogP contribution is -2.47. The highest BCUT2D eigenvalue weighted by Gasteiger charge is 2.36. The molecule has 2 atom stereocenters. The van der Waals surface area contributed by atoms with Crippen molar-refractivity contribution in [2.45, 2.75) is 30.8 Å². The maximum atomic E-state index is 13.4. The van der Waals surface area contributed by atoms with Gasteiger partial charge in [0, 0.05) is 66.5 Å². The first kappa shape index (κ1) is 31.5. The number of anilines is 2. The first-order chi connectivity index (χ1) is 22.2. The largest absolute Gasteiger partial charge is 0.416 e. The van der Waals surface area contributed by atoms with Gasteiger partial charge in [0.25, 0.3) is 17.4 Å². The maximum absolute atomic E-state index is 13.4. The highest BCUT2D eigenvalue weighted by Crippen LogP contribution is 2.39. The van der Waals surface area contributed by atoms with Gasteiger partial charge in [-0.3, -0.25) is 14.4 Å². The van der Waals surface area contributed by atoms with Crippen LogP contribution in [-0.2, 0) is 18.5 Å². The van der Waals surface area contributed by atoms with Crippen molar-refractivity contribution >= 4 is 35.0 Å². The number of carbonyl (C=O) groups excluding carboxylic acids is 2. The number of pyridine rings is 1. The average molecular weight is 647 g/mol. The minimum absolute atomic E-state index is 0.0245. The fourth-order valence-corrected chi connectivity index (χ4v) is 7.10. The summed E-state index contributed by atoms with van der Waals surface area (Å²) in [4.78, 5) is 41.1. The minimum Gasteiger partial charge on any atom is -0.369 e. The number of carbonyl (C=O) groups is 2. The van der Waals surface area contributed by atoms with Gasteiger partial charge >= 0.3 is 6.18 Å². The molecular weight excluding hydrogens is 613 g/mol. The van der Waals surface area contributed by atoms with Crippen LogP contribution in [0, 0.1) is 5.92 Å². The molecule has 2 aliphatic heterocycles. The highest BCUT2D eigenvalue weighted by atomic mass is 32.2. The lowest BCUT2D eigenvalue weighted by Gasteiger charge is -2.44. The van der Waals surface area contributed by atoms with Crippen LogP contribution in [0.3, 0.4) is 0 Å². The van der Waals surface area contributed by atoms with Crippen LogP contribution in [0.5, 0.6) is 0 Å². The average Bonchev–Trinajstić information content (AvgIpc) is 3.05. The topological polar surface area (TPSA) is 83.4 Å². The number of aromatic nitrogens is 1. The molecule has 2 bridgehead atoms. The van der Waals surface area contributed by atoms with Crippen molar-refractivity contribution in [3.05, 3.63) is 129 Å². The molecule has 7 nitrogen and oxygen atoms in total. The van der Waals surface area contributed by atoms with Gasteiger partial charge in [0.05, 0.1) is 16.9 Å². The summed E-state index contributed by atoms with van der Waals surface area (Å²) in [5.41, 5.74) is 2.40. The molecule has 1 aromatic heterocycles. The molecule has 2 N–H and O–H groups in total. The second-order valence-corrected chi connectivity index (χ2v) is 12.8. The van der Waals surface area contributed by atoms with E-state index < -0.39 is 17.6 Å². The van der Waals surface area contributed by atoms with E-state index in [9.17, 15) is 27.6 Å². The highest BCUT2D eigenvalue weighted by molar-refractivity contribution is 7.98. The number of piperidine rings is 1. The van der Waals surface area contributed by atoms with E-state index in [1.165, 1.54) is 17.7 Å². The molecule has 238 valence electrons. The molecule has 0 aliphatic carbocycles. The predicted octanol–water partition coefficient (Wildman–Crippen LogP) is 6.41. The molecule has 2 amide bonds. The molecule has 2 aliphatic rings. The van der Waals surface area contributed by atoms with Gasteiger partial charge in [-0.15, -0.1) is 0 Å². The normalized spacial score (nSPS) is 17.2. The molecule has 1 fully saturated rings. The fraction of sp³-hybridized carbons (Fsp3) is 0.286. The Morgan fingerprint density at radius 2 is 1.63 bits per heavy atom. The van der Waals surface area contributed by atoms with Gasteiger partial charge < -0.3 is 20.1 Å². The molecule has 0 radical (unpaired) electrons. The van der Waals surface area contributed by atoms with Gasteiger partial charge in [0.15, 0.2) is 0 Å². The third kappa shape index (κ3) is 7.14. The van der Waals surface area contributed by atoms with Gasteiger partial charge in [-0.25, -0.2) is 0 Å². The van der Waals surface area contributed by atoms with Crippen molar-refractivity contribution in [2.75, 3.05) is 35.6 Å². The number of alkyl halides is 3. The monoisotopic (exact) mass is 646 g/mol. The number of amides is 2. The molecular formula is C35H33F3N4O3S. The Morgan fingerprint density at radius 3 is 2.43 bits per heavy atom. The van der Waals surface area contributed by atoms with E-state index in [-0.39, 0.29) is 28.9 Å². The van der Waals surface area contributed by atoms with E-state index in [0.29, 0.717) is 48.9 Å². The number of thioether (sulfide) groups is 1.